The molecular formula is C16H22N2O3. The molecule has 114 valence electrons. The summed E-state index contributed by atoms with van der Waals surface area (Å²) >= 11 is 0. The summed E-state index contributed by atoms with van der Waals surface area (Å²) in [5.41, 5.74) is 1.59. The maximum atomic E-state index is 9.80. The lowest BCUT2D eigenvalue weighted by Crippen LogP contribution is -2.05. The Balaban J connectivity index is 2.14. The van der Waals surface area contributed by atoms with E-state index in [2.05, 4.69) is 18.9 Å². The first-order valence-electron chi connectivity index (χ1n) is 7.04. The summed E-state index contributed by atoms with van der Waals surface area (Å²) < 4.78 is 12.9. The fourth-order valence-electron chi connectivity index (χ4n) is 2.01. The first-order chi connectivity index (χ1) is 10.0. The van der Waals surface area contributed by atoms with E-state index in [1.165, 1.54) is 0 Å². The summed E-state index contributed by atoms with van der Waals surface area (Å²) in [6.07, 6.45) is 1.34. The van der Waals surface area contributed by atoms with Crippen LogP contribution in [0, 0.1) is 0 Å². The van der Waals surface area contributed by atoms with Gasteiger partial charge in [0.25, 0.3) is 0 Å². The molecule has 5 nitrogen and oxygen atoms in total. The third-order valence-electron chi connectivity index (χ3n) is 3.24. The highest BCUT2D eigenvalue weighted by Crippen LogP contribution is 2.30. The van der Waals surface area contributed by atoms with Crippen LogP contribution in [-0.2, 0) is 6.61 Å². The first kappa shape index (κ1) is 15.4. The van der Waals surface area contributed by atoms with Crippen LogP contribution in [0.1, 0.15) is 44.2 Å². The van der Waals surface area contributed by atoms with Crippen molar-refractivity contribution in [3.05, 3.63) is 41.7 Å². The molecule has 1 atom stereocenters. The molecule has 0 bridgehead atoms. The number of benzene rings is 1. The van der Waals surface area contributed by atoms with Crippen LogP contribution in [0.15, 0.2) is 30.5 Å². The molecule has 2 rings (SSSR count). The normalized spacial score (nSPS) is 12.5. The van der Waals surface area contributed by atoms with Crippen LogP contribution in [0.2, 0.25) is 0 Å². The van der Waals surface area contributed by atoms with E-state index in [0.717, 1.165) is 11.3 Å². The summed E-state index contributed by atoms with van der Waals surface area (Å²) in [5.74, 6) is 1.31. The van der Waals surface area contributed by atoms with Gasteiger partial charge in [0.05, 0.1) is 18.9 Å². The van der Waals surface area contributed by atoms with Crippen molar-refractivity contribution >= 4 is 0 Å². The van der Waals surface area contributed by atoms with E-state index in [4.69, 9.17) is 9.47 Å². The fourth-order valence-corrected chi connectivity index (χ4v) is 2.01. The minimum absolute atomic E-state index is 0.323. The third-order valence-corrected chi connectivity index (χ3v) is 3.24. The molecule has 0 unspecified atom stereocenters. The zero-order valence-electron chi connectivity index (χ0n) is 12.9. The van der Waals surface area contributed by atoms with Gasteiger partial charge in [-0.05, 0) is 39.0 Å². The van der Waals surface area contributed by atoms with Crippen molar-refractivity contribution in [2.24, 2.45) is 0 Å². The number of ether oxygens (including phenoxy) is 2. The van der Waals surface area contributed by atoms with Gasteiger partial charge in [0, 0.05) is 23.9 Å². The Morgan fingerprint density at radius 1 is 1.24 bits per heavy atom. The van der Waals surface area contributed by atoms with Crippen molar-refractivity contribution in [2.45, 2.75) is 39.5 Å². The monoisotopic (exact) mass is 290 g/mol. The average molecular weight is 290 g/mol. The Bertz CT molecular complexity index is 591. The van der Waals surface area contributed by atoms with Gasteiger partial charge in [-0.3, -0.25) is 4.68 Å². The second kappa shape index (κ2) is 6.63. The molecule has 0 saturated carbocycles. The minimum atomic E-state index is -0.598. The summed E-state index contributed by atoms with van der Waals surface area (Å²) in [4.78, 5) is 0. The fraction of sp³-hybridized carbons (Fsp3) is 0.438. The summed E-state index contributed by atoms with van der Waals surface area (Å²) in [5, 5.41) is 14.2. The molecule has 0 aliphatic heterocycles. The van der Waals surface area contributed by atoms with Gasteiger partial charge in [-0.15, -0.1) is 0 Å². The molecule has 21 heavy (non-hydrogen) atoms. The molecule has 1 aromatic carbocycles. The van der Waals surface area contributed by atoms with E-state index in [1.54, 1.807) is 20.1 Å². The van der Waals surface area contributed by atoms with Crippen LogP contribution in [-0.4, -0.2) is 22.0 Å². The first-order valence-corrected chi connectivity index (χ1v) is 7.04. The Morgan fingerprint density at radius 3 is 2.57 bits per heavy atom. The molecule has 0 amide bonds. The largest absolute Gasteiger partial charge is 0.497 e. The molecule has 0 spiro atoms. The van der Waals surface area contributed by atoms with Crippen LogP contribution in [0.5, 0.6) is 11.5 Å². The molecule has 0 saturated heterocycles. The number of hydrogen-bond acceptors (Lipinski definition) is 4. The van der Waals surface area contributed by atoms with Crippen LogP contribution >= 0.6 is 0 Å². The maximum absolute atomic E-state index is 9.80. The zero-order valence-corrected chi connectivity index (χ0v) is 12.9. The van der Waals surface area contributed by atoms with Gasteiger partial charge < -0.3 is 14.6 Å². The van der Waals surface area contributed by atoms with E-state index >= 15 is 0 Å². The second-order valence-electron chi connectivity index (χ2n) is 5.25. The molecule has 0 aliphatic carbocycles. The van der Waals surface area contributed by atoms with Crippen LogP contribution < -0.4 is 9.47 Å². The lowest BCUT2D eigenvalue weighted by atomic mass is 10.1. The quantitative estimate of drug-likeness (QED) is 0.888. The van der Waals surface area contributed by atoms with Crippen LogP contribution in [0.4, 0.5) is 0 Å². The SMILES string of the molecule is COc1ccc([C@@H](C)O)c(OCc2ccn(C(C)C)n2)c1. The van der Waals surface area contributed by atoms with E-state index in [-0.39, 0.29) is 0 Å². The minimum Gasteiger partial charge on any atom is -0.497 e. The molecule has 0 radical (unpaired) electrons. The molecule has 1 aromatic heterocycles. The Morgan fingerprint density at radius 2 is 2.00 bits per heavy atom. The maximum Gasteiger partial charge on any atom is 0.132 e. The van der Waals surface area contributed by atoms with Crippen molar-refractivity contribution in [3.8, 4) is 11.5 Å². The lowest BCUT2D eigenvalue weighted by molar-refractivity contribution is 0.189. The van der Waals surface area contributed by atoms with Gasteiger partial charge in [0.2, 0.25) is 0 Å². The molecule has 0 fully saturated rings. The van der Waals surface area contributed by atoms with Crippen molar-refractivity contribution in [1.29, 1.82) is 0 Å². The van der Waals surface area contributed by atoms with E-state index in [9.17, 15) is 5.11 Å². The molecule has 0 aliphatic rings. The highest BCUT2D eigenvalue weighted by atomic mass is 16.5. The van der Waals surface area contributed by atoms with Crippen LogP contribution in [0.25, 0.3) is 0 Å². The molecule has 2 aromatic rings. The van der Waals surface area contributed by atoms with E-state index in [0.29, 0.717) is 24.1 Å². The summed E-state index contributed by atoms with van der Waals surface area (Å²) in [6.45, 7) is 6.21. The van der Waals surface area contributed by atoms with Crippen molar-refractivity contribution < 1.29 is 14.6 Å². The smallest absolute Gasteiger partial charge is 0.132 e. The standard InChI is InChI=1S/C16H22N2O3/c1-11(2)18-8-7-13(17-18)10-21-16-9-14(20-4)5-6-15(16)12(3)19/h5-9,11-12,19H,10H2,1-4H3/t12-/m1/s1. The number of hydrogen-bond donors (Lipinski definition) is 1. The predicted molar refractivity (Wildman–Crippen MR) is 80.6 cm³/mol. The topological polar surface area (TPSA) is 56.5 Å². The van der Waals surface area contributed by atoms with Crippen molar-refractivity contribution in [3.63, 3.8) is 0 Å². The Kier molecular flexibility index (Phi) is 4.85. The zero-order chi connectivity index (χ0) is 15.4. The second-order valence-corrected chi connectivity index (χ2v) is 5.25. The van der Waals surface area contributed by atoms with Gasteiger partial charge in [-0.25, -0.2) is 0 Å². The van der Waals surface area contributed by atoms with E-state index in [1.807, 2.05) is 29.1 Å². The number of methoxy groups -OCH3 is 1. The van der Waals surface area contributed by atoms with Gasteiger partial charge in [0.15, 0.2) is 0 Å². The Labute approximate surface area is 125 Å². The van der Waals surface area contributed by atoms with Gasteiger partial charge >= 0.3 is 0 Å². The number of rotatable bonds is 6. The van der Waals surface area contributed by atoms with Crippen molar-refractivity contribution in [1.82, 2.24) is 9.78 Å². The molecule has 1 N–H and O–H groups in total. The van der Waals surface area contributed by atoms with Gasteiger partial charge in [-0.1, -0.05) is 0 Å². The number of aliphatic hydroxyl groups is 1. The summed E-state index contributed by atoms with van der Waals surface area (Å²) in [7, 11) is 1.60. The van der Waals surface area contributed by atoms with Crippen molar-refractivity contribution in [2.75, 3.05) is 7.11 Å². The highest BCUT2D eigenvalue weighted by Gasteiger charge is 2.11. The Hall–Kier alpha value is -2.01. The van der Waals surface area contributed by atoms with E-state index < -0.39 is 6.10 Å². The lowest BCUT2D eigenvalue weighted by Gasteiger charge is -2.14. The number of aliphatic hydroxyl groups excluding tert-OH is 1. The van der Waals surface area contributed by atoms with Crippen LogP contribution in [0.3, 0.4) is 0 Å². The third kappa shape index (κ3) is 3.76. The average Bonchev–Trinajstić information content (AvgIpc) is 2.93. The highest BCUT2D eigenvalue weighted by molar-refractivity contribution is 5.41. The number of aromatic nitrogens is 2. The van der Waals surface area contributed by atoms with Gasteiger partial charge in [0.1, 0.15) is 18.1 Å². The molecule has 5 heteroatoms. The molecular weight excluding hydrogens is 268 g/mol. The summed E-state index contributed by atoms with van der Waals surface area (Å²) in [6, 6.07) is 7.65. The number of nitrogens with zero attached hydrogens (tertiary/aromatic N) is 2. The van der Waals surface area contributed by atoms with Gasteiger partial charge in [-0.2, -0.15) is 5.10 Å². The molecule has 1 heterocycles. The predicted octanol–water partition coefficient (Wildman–Crippen LogP) is 3.10.